The standard InChI is InChI=1S/C30H35BrN7O4P/c1-40-21-16-33-38(18-21)20-7-8-24(28(13-20)43(3,4)39)34-29-23(31)17-32-30(36-29)35-25-15-27(41-2)26(14-22(25)19-5-6-19)37-9-11-42-12-10-37/h7-8,13-19H,5-6,9-12H2,1-4H3,(H2,32,34,35,36). The maximum atomic E-state index is 13.4. The van der Waals surface area contributed by atoms with Crippen LogP contribution in [0.5, 0.6) is 11.5 Å². The molecule has 2 fully saturated rings. The second kappa shape index (κ2) is 12.2. The predicted molar refractivity (Wildman–Crippen MR) is 174 cm³/mol. The SMILES string of the molecule is COc1cnn(-c2ccc(Nc3nc(Nc4cc(OC)c(N5CCOCC5)cc4C4CC4)ncc3Br)c(P(C)(C)=O)c2)c1. The first kappa shape index (κ1) is 29.5. The first-order chi connectivity index (χ1) is 20.7. The van der Waals surface area contributed by atoms with Crippen LogP contribution in [0.4, 0.5) is 28.8 Å². The minimum absolute atomic E-state index is 0.437. The molecule has 226 valence electrons. The monoisotopic (exact) mass is 667 g/mol. The van der Waals surface area contributed by atoms with Gasteiger partial charge in [-0.1, -0.05) is 0 Å². The van der Waals surface area contributed by atoms with Crippen molar-refractivity contribution in [1.29, 1.82) is 0 Å². The molecule has 1 saturated heterocycles. The van der Waals surface area contributed by atoms with Crippen molar-refractivity contribution >= 4 is 57.2 Å². The van der Waals surface area contributed by atoms with Crippen molar-refractivity contribution in [3.8, 4) is 17.2 Å². The van der Waals surface area contributed by atoms with Gasteiger partial charge in [0.1, 0.15) is 18.7 Å². The zero-order chi connectivity index (χ0) is 30.1. The van der Waals surface area contributed by atoms with Crippen LogP contribution in [0.25, 0.3) is 5.69 Å². The lowest BCUT2D eigenvalue weighted by Gasteiger charge is -2.31. The number of halogens is 1. The fraction of sp³-hybridized carbons (Fsp3) is 0.367. The minimum atomic E-state index is -2.69. The fourth-order valence-electron chi connectivity index (χ4n) is 5.17. The normalized spacial score (nSPS) is 15.3. The van der Waals surface area contributed by atoms with Gasteiger partial charge in [-0.05, 0) is 77.8 Å². The number of aromatic nitrogens is 4. The van der Waals surface area contributed by atoms with E-state index < -0.39 is 7.14 Å². The van der Waals surface area contributed by atoms with Crippen LogP contribution in [0.2, 0.25) is 0 Å². The van der Waals surface area contributed by atoms with Crippen molar-refractivity contribution < 1.29 is 18.8 Å². The van der Waals surface area contributed by atoms with Gasteiger partial charge in [0, 0.05) is 36.3 Å². The molecule has 0 amide bonds. The number of ether oxygens (including phenoxy) is 3. The molecule has 0 radical (unpaired) electrons. The average molecular weight is 669 g/mol. The molecule has 2 aromatic heterocycles. The van der Waals surface area contributed by atoms with Gasteiger partial charge >= 0.3 is 0 Å². The van der Waals surface area contributed by atoms with Crippen LogP contribution in [0.3, 0.4) is 0 Å². The molecular weight excluding hydrogens is 633 g/mol. The Bertz CT molecular complexity index is 1680. The summed E-state index contributed by atoms with van der Waals surface area (Å²) in [6.07, 6.45) is 7.41. The summed E-state index contributed by atoms with van der Waals surface area (Å²) < 4.78 is 32.4. The summed E-state index contributed by atoms with van der Waals surface area (Å²) in [6.45, 7) is 6.57. The lowest BCUT2D eigenvalue weighted by atomic mass is 10.1. The largest absolute Gasteiger partial charge is 0.495 e. The Labute approximate surface area is 259 Å². The van der Waals surface area contributed by atoms with Gasteiger partial charge in [-0.2, -0.15) is 10.1 Å². The molecular formula is C30H35BrN7O4P. The molecule has 11 nitrogen and oxygen atoms in total. The number of morpholine rings is 1. The smallest absolute Gasteiger partial charge is 0.229 e. The predicted octanol–water partition coefficient (Wildman–Crippen LogP) is 5.89. The number of anilines is 5. The van der Waals surface area contributed by atoms with E-state index in [9.17, 15) is 4.57 Å². The van der Waals surface area contributed by atoms with Gasteiger partial charge in [0.15, 0.2) is 5.75 Å². The van der Waals surface area contributed by atoms with Crippen molar-refractivity contribution in [2.45, 2.75) is 18.8 Å². The molecule has 2 aromatic carbocycles. The second-order valence-corrected chi connectivity index (χ2v) is 15.0. The summed E-state index contributed by atoms with van der Waals surface area (Å²) in [6, 6.07) is 9.97. The average Bonchev–Trinajstić information content (AvgIpc) is 3.74. The van der Waals surface area contributed by atoms with Crippen LogP contribution in [0.15, 0.2) is 53.4 Å². The molecule has 13 heteroatoms. The van der Waals surface area contributed by atoms with Crippen molar-refractivity contribution in [2.24, 2.45) is 0 Å². The molecule has 3 heterocycles. The van der Waals surface area contributed by atoms with Gasteiger partial charge in [0.25, 0.3) is 0 Å². The van der Waals surface area contributed by atoms with Gasteiger partial charge in [0.2, 0.25) is 5.95 Å². The Kier molecular flexibility index (Phi) is 8.35. The van der Waals surface area contributed by atoms with Crippen LogP contribution in [-0.2, 0) is 9.30 Å². The molecule has 0 unspecified atom stereocenters. The summed E-state index contributed by atoms with van der Waals surface area (Å²) in [7, 11) is 0.601. The molecule has 0 spiro atoms. The van der Waals surface area contributed by atoms with Crippen molar-refractivity contribution in [2.75, 3.05) is 69.4 Å². The van der Waals surface area contributed by atoms with Gasteiger partial charge in [-0.15, -0.1) is 0 Å². The molecule has 6 rings (SSSR count). The fourth-order valence-corrected chi connectivity index (χ4v) is 6.61. The number of methoxy groups -OCH3 is 2. The lowest BCUT2D eigenvalue weighted by Crippen LogP contribution is -2.36. The molecule has 1 aliphatic heterocycles. The number of rotatable bonds is 10. The highest BCUT2D eigenvalue weighted by Crippen LogP contribution is 2.48. The van der Waals surface area contributed by atoms with E-state index in [1.165, 1.54) is 5.56 Å². The molecule has 43 heavy (non-hydrogen) atoms. The lowest BCUT2D eigenvalue weighted by molar-refractivity contribution is 0.122. The molecule has 1 saturated carbocycles. The topological polar surface area (TPSA) is 116 Å². The maximum Gasteiger partial charge on any atom is 0.229 e. The van der Waals surface area contributed by atoms with E-state index in [1.54, 1.807) is 50.8 Å². The molecule has 4 aromatic rings. The maximum absolute atomic E-state index is 13.4. The highest BCUT2D eigenvalue weighted by molar-refractivity contribution is 9.10. The number of nitrogens with one attached hydrogen (secondary N) is 2. The van der Waals surface area contributed by atoms with E-state index in [4.69, 9.17) is 19.2 Å². The molecule has 2 N–H and O–H groups in total. The highest BCUT2D eigenvalue weighted by Gasteiger charge is 2.29. The van der Waals surface area contributed by atoms with Gasteiger partial charge in [-0.25, -0.2) is 9.67 Å². The van der Waals surface area contributed by atoms with Crippen molar-refractivity contribution in [3.05, 3.63) is 59.0 Å². The Morgan fingerprint density at radius 3 is 2.49 bits per heavy atom. The quantitative estimate of drug-likeness (QED) is 0.198. The summed E-state index contributed by atoms with van der Waals surface area (Å²) >= 11 is 3.59. The van der Waals surface area contributed by atoms with Gasteiger partial charge < -0.3 is 34.3 Å². The second-order valence-electron chi connectivity index (χ2n) is 11.0. The summed E-state index contributed by atoms with van der Waals surface area (Å²) in [4.78, 5) is 11.7. The number of benzene rings is 2. The molecule has 0 atom stereocenters. The molecule has 2 aliphatic rings. The molecule has 0 bridgehead atoms. The third kappa shape index (κ3) is 6.51. The first-order valence-electron chi connectivity index (χ1n) is 14.1. The van der Waals surface area contributed by atoms with Crippen LogP contribution >= 0.6 is 23.1 Å². The Morgan fingerprint density at radius 1 is 1.02 bits per heavy atom. The summed E-state index contributed by atoms with van der Waals surface area (Å²) in [5, 5.41) is 11.9. The number of hydrogen-bond donors (Lipinski definition) is 2. The van der Waals surface area contributed by atoms with Crippen LogP contribution < -0.4 is 30.3 Å². The highest BCUT2D eigenvalue weighted by atomic mass is 79.9. The zero-order valence-electron chi connectivity index (χ0n) is 24.6. The van der Waals surface area contributed by atoms with Crippen LogP contribution in [0, 0.1) is 0 Å². The van der Waals surface area contributed by atoms with Crippen LogP contribution in [-0.4, -0.2) is 73.6 Å². The van der Waals surface area contributed by atoms with Gasteiger partial charge in [-0.3, -0.25) is 0 Å². The third-order valence-electron chi connectivity index (χ3n) is 7.58. The van der Waals surface area contributed by atoms with E-state index in [-0.39, 0.29) is 0 Å². The minimum Gasteiger partial charge on any atom is -0.495 e. The molecule has 1 aliphatic carbocycles. The van der Waals surface area contributed by atoms with E-state index >= 15 is 0 Å². The van der Waals surface area contributed by atoms with E-state index in [0.717, 1.165) is 48.7 Å². The van der Waals surface area contributed by atoms with Crippen LogP contribution in [0.1, 0.15) is 24.3 Å². The van der Waals surface area contributed by atoms with E-state index in [1.807, 2.05) is 24.3 Å². The number of nitrogens with zero attached hydrogens (tertiary/aromatic N) is 5. The summed E-state index contributed by atoms with van der Waals surface area (Å²) in [5.74, 6) is 2.91. The Morgan fingerprint density at radius 2 is 1.81 bits per heavy atom. The Balaban J connectivity index is 1.30. The zero-order valence-corrected chi connectivity index (χ0v) is 27.1. The van der Waals surface area contributed by atoms with Crippen molar-refractivity contribution in [1.82, 2.24) is 19.7 Å². The van der Waals surface area contributed by atoms with Gasteiger partial charge in [0.05, 0.1) is 61.4 Å². The van der Waals surface area contributed by atoms with E-state index in [0.29, 0.717) is 52.1 Å². The number of hydrogen-bond acceptors (Lipinski definition) is 10. The first-order valence-corrected chi connectivity index (χ1v) is 17.5. The van der Waals surface area contributed by atoms with Crippen molar-refractivity contribution in [3.63, 3.8) is 0 Å². The Hall–Kier alpha value is -3.60. The third-order valence-corrected chi connectivity index (χ3v) is 9.69. The van der Waals surface area contributed by atoms with E-state index in [2.05, 4.69) is 47.6 Å². The summed E-state index contributed by atoms with van der Waals surface area (Å²) in [5.41, 5.74) is 4.71.